The third-order valence-electron chi connectivity index (χ3n) is 2.89. The molecule has 2 N–H and O–H groups in total. The Labute approximate surface area is 116 Å². The van der Waals surface area contributed by atoms with Crippen LogP contribution in [0.25, 0.3) is 0 Å². The zero-order chi connectivity index (χ0) is 13.0. The SMILES string of the molecule is Cc1ccccc1C(O)CNc1ccc(Br)cc1. The Kier molecular flexibility index (Phi) is 4.39. The second-order valence-electron chi connectivity index (χ2n) is 4.26. The Morgan fingerprint density at radius 3 is 2.44 bits per heavy atom. The van der Waals surface area contributed by atoms with Crippen molar-refractivity contribution in [3.63, 3.8) is 0 Å². The number of aliphatic hydroxyl groups excluding tert-OH is 1. The summed E-state index contributed by atoms with van der Waals surface area (Å²) in [6, 6.07) is 15.8. The lowest BCUT2D eigenvalue weighted by atomic mass is 10.0. The monoisotopic (exact) mass is 305 g/mol. The fraction of sp³-hybridized carbons (Fsp3) is 0.200. The molecule has 0 amide bonds. The van der Waals surface area contributed by atoms with Crippen LogP contribution in [0.3, 0.4) is 0 Å². The Hall–Kier alpha value is -1.32. The standard InChI is InChI=1S/C15H16BrNO/c1-11-4-2-3-5-14(11)15(18)10-17-13-8-6-12(16)7-9-13/h2-9,15,17-18H,10H2,1H3. The molecule has 0 aliphatic carbocycles. The normalized spacial score (nSPS) is 12.2. The molecule has 94 valence electrons. The molecule has 1 atom stereocenters. The van der Waals surface area contributed by atoms with E-state index >= 15 is 0 Å². The molecule has 0 saturated heterocycles. The molecule has 0 aromatic heterocycles. The summed E-state index contributed by atoms with van der Waals surface area (Å²) in [6.07, 6.45) is -0.491. The van der Waals surface area contributed by atoms with Crippen LogP contribution < -0.4 is 5.32 Å². The molecule has 1 unspecified atom stereocenters. The largest absolute Gasteiger partial charge is 0.387 e. The molecule has 0 radical (unpaired) electrons. The zero-order valence-corrected chi connectivity index (χ0v) is 11.8. The molecular formula is C15H16BrNO. The Balaban J connectivity index is 1.98. The van der Waals surface area contributed by atoms with Crippen LogP contribution in [0, 0.1) is 6.92 Å². The van der Waals surface area contributed by atoms with Gasteiger partial charge in [0.25, 0.3) is 0 Å². The lowest BCUT2D eigenvalue weighted by Gasteiger charge is -2.15. The van der Waals surface area contributed by atoms with Crippen LogP contribution in [-0.4, -0.2) is 11.7 Å². The van der Waals surface area contributed by atoms with Crippen LogP contribution in [0.1, 0.15) is 17.2 Å². The summed E-state index contributed by atoms with van der Waals surface area (Å²) in [5, 5.41) is 13.4. The van der Waals surface area contributed by atoms with E-state index in [0.717, 1.165) is 21.3 Å². The first kappa shape index (κ1) is 13.1. The number of anilines is 1. The third kappa shape index (κ3) is 3.34. The van der Waals surface area contributed by atoms with Gasteiger partial charge < -0.3 is 10.4 Å². The van der Waals surface area contributed by atoms with Crippen molar-refractivity contribution in [1.82, 2.24) is 0 Å². The van der Waals surface area contributed by atoms with Gasteiger partial charge in [-0.15, -0.1) is 0 Å². The summed E-state index contributed by atoms with van der Waals surface area (Å²) in [4.78, 5) is 0. The van der Waals surface area contributed by atoms with Crippen molar-refractivity contribution in [2.45, 2.75) is 13.0 Å². The molecule has 0 bridgehead atoms. The van der Waals surface area contributed by atoms with E-state index in [9.17, 15) is 5.11 Å². The van der Waals surface area contributed by atoms with Gasteiger partial charge in [0.2, 0.25) is 0 Å². The number of halogens is 1. The van der Waals surface area contributed by atoms with Crippen molar-refractivity contribution >= 4 is 21.6 Å². The quantitative estimate of drug-likeness (QED) is 0.898. The maximum Gasteiger partial charge on any atom is 0.0964 e. The Morgan fingerprint density at radius 2 is 1.78 bits per heavy atom. The van der Waals surface area contributed by atoms with Crippen LogP contribution in [-0.2, 0) is 0 Å². The predicted octanol–water partition coefficient (Wildman–Crippen LogP) is 3.90. The van der Waals surface area contributed by atoms with Crippen LogP contribution in [0.15, 0.2) is 53.0 Å². The predicted molar refractivity (Wildman–Crippen MR) is 78.8 cm³/mol. The molecule has 0 aliphatic heterocycles. The molecule has 0 aliphatic rings. The lowest BCUT2D eigenvalue weighted by Crippen LogP contribution is -2.13. The molecule has 0 saturated carbocycles. The van der Waals surface area contributed by atoms with Gasteiger partial charge in [-0.25, -0.2) is 0 Å². The number of hydrogen-bond donors (Lipinski definition) is 2. The summed E-state index contributed by atoms with van der Waals surface area (Å²) < 4.78 is 1.05. The first-order chi connectivity index (χ1) is 8.66. The van der Waals surface area contributed by atoms with Crippen LogP contribution >= 0.6 is 15.9 Å². The summed E-state index contributed by atoms with van der Waals surface area (Å²) >= 11 is 3.39. The first-order valence-corrected chi connectivity index (χ1v) is 6.69. The van der Waals surface area contributed by atoms with E-state index in [1.54, 1.807) is 0 Å². The van der Waals surface area contributed by atoms with E-state index in [1.165, 1.54) is 0 Å². The Morgan fingerprint density at radius 1 is 1.11 bits per heavy atom. The highest BCUT2D eigenvalue weighted by Gasteiger charge is 2.09. The van der Waals surface area contributed by atoms with E-state index in [-0.39, 0.29) is 0 Å². The number of aliphatic hydroxyl groups is 1. The molecule has 2 aromatic rings. The van der Waals surface area contributed by atoms with Gasteiger partial charge >= 0.3 is 0 Å². The average Bonchev–Trinajstić information content (AvgIpc) is 2.38. The lowest BCUT2D eigenvalue weighted by molar-refractivity contribution is 0.191. The Bertz CT molecular complexity index is 510. The fourth-order valence-electron chi connectivity index (χ4n) is 1.85. The summed E-state index contributed by atoms with van der Waals surface area (Å²) in [5.41, 5.74) is 3.09. The fourth-order valence-corrected chi connectivity index (χ4v) is 2.12. The maximum atomic E-state index is 10.1. The highest BCUT2D eigenvalue weighted by Crippen LogP contribution is 2.19. The van der Waals surface area contributed by atoms with Crippen molar-refractivity contribution in [2.24, 2.45) is 0 Å². The minimum Gasteiger partial charge on any atom is -0.387 e. The minimum absolute atomic E-state index is 0.491. The van der Waals surface area contributed by atoms with Gasteiger partial charge in [0, 0.05) is 16.7 Å². The van der Waals surface area contributed by atoms with Crippen molar-refractivity contribution in [1.29, 1.82) is 0 Å². The number of rotatable bonds is 4. The molecule has 0 spiro atoms. The van der Waals surface area contributed by atoms with Gasteiger partial charge in [0.15, 0.2) is 0 Å². The number of hydrogen-bond acceptors (Lipinski definition) is 2. The van der Waals surface area contributed by atoms with Gasteiger partial charge in [-0.05, 0) is 42.3 Å². The van der Waals surface area contributed by atoms with E-state index in [4.69, 9.17) is 0 Å². The van der Waals surface area contributed by atoms with E-state index in [0.29, 0.717) is 6.54 Å². The summed E-state index contributed by atoms with van der Waals surface area (Å²) in [6.45, 7) is 2.52. The van der Waals surface area contributed by atoms with Crippen molar-refractivity contribution in [3.8, 4) is 0 Å². The number of aryl methyl sites for hydroxylation is 1. The second kappa shape index (κ2) is 6.03. The molecule has 0 heterocycles. The highest BCUT2D eigenvalue weighted by molar-refractivity contribution is 9.10. The summed E-state index contributed by atoms with van der Waals surface area (Å²) in [7, 11) is 0. The topological polar surface area (TPSA) is 32.3 Å². The van der Waals surface area contributed by atoms with Crippen molar-refractivity contribution < 1.29 is 5.11 Å². The third-order valence-corrected chi connectivity index (χ3v) is 3.42. The van der Waals surface area contributed by atoms with Crippen molar-refractivity contribution in [3.05, 3.63) is 64.1 Å². The molecule has 0 fully saturated rings. The van der Waals surface area contributed by atoms with Gasteiger partial charge in [-0.1, -0.05) is 40.2 Å². The van der Waals surface area contributed by atoms with Gasteiger partial charge in [-0.2, -0.15) is 0 Å². The smallest absolute Gasteiger partial charge is 0.0964 e. The molecule has 2 nitrogen and oxygen atoms in total. The van der Waals surface area contributed by atoms with Crippen LogP contribution in [0.4, 0.5) is 5.69 Å². The highest BCUT2D eigenvalue weighted by atomic mass is 79.9. The van der Waals surface area contributed by atoms with Crippen LogP contribution in [0.2, 0.25) is 0 Å². The first-order valence-electron chi connectivity index (χ1n) is 5.90. The van der Waals surface area contributed by atoms with Crippen molar-refractivity contribution in [2.75, 3.05) is 11.9 Å². The van der Waals surface area contributed by atoms with Gasteiger partial charge in [0.05, 0.1) is 6.10 Å². The second-order valence-corrected chi connectivity index (χ2v) is 5.18. The minimum atomic E-state index is -0.491. The summed E-state index contributed by atoms with van der Waals surface area (Å²) in [5.74, 6) is 0. The average molecular weight is 306 g/mol. The van der Waals surface area contributed by atoms with E-state index in [2.05, 4.69) is 21.2 Å². The van der Waals surface area contributed by atoms with Gasteiger partial charge in [0.1, 0.15) is 0 Å². The number of benzene rings is 2. The van der Waals surface area contributed by atoms with Gasteiger partial charge in [-0.3, -0.25) is 0 Å². The molecule has 18 heavy (non-hydrogen) atoms. The maximum absolute atomic E-state index is 10.1. The number of nitrogens with one attached hydrogen (secondary N) is 1. The molecule has 3 heteroatoms. The molecule has 2 rings (SSSR count). The van der Waals surface area contributed by atoms with E-state index < -0.39 is 6.10 Å². The van der Waals surface area contributed by atoms with E-state index in [1.807, 2.05) is 55.5 Å². The molecular weight excluding hydrogens is 290 g/mol. The molecule has 2 aromatic carbocycles. The van der Waals surface area contributed by atoms with Crippen LogP contribution in [0.5, 0.6) is 0 Å². The zero-order valence-electron chi connectivity index (χ0n) is 10.2.